The molecule has 0 spiro atoms. The molecule has 7 nitrogen and oxygen atoms in total. The second-order valence-corrected chi connectivity index (χ2v) is 8.64. The summed E-state index contributed by atoms with van der Waals surface area (Å²) in [4.78, 5) is 15.0. The summed E-state index contributed by atoms with van der Waals surface area (Å²) < 4.78 is 3.71. The Labute approximate surface area is 160 Å². The molecule has 1 aliphatic heterocycles. The molecule has 1 atom stereocenters. The van der Waals surface area contributed by atoms with E-state index in [-0.39, 0.29) is 5.91 Å². The Morgan fingerprint density at radius 2 is 2.11 bits per heavy atom. The highest BCUT2D eigenvalue weighted by Crippen LogP contribution is 2.38. The normalized spacial score (nSPS) is 20.4. The van der Waals surface area contributed by atoms with Gasteiger partial charge in [0.2, 0.25) is 0 Å². The van der Waals surface area contributed by atoms with Gasteiger partial charge in [-0.05, 0) is 50.0 Å². The summed E-state index contributed by atoms with van der Waals surface area (Å²) in [5, 5.41) is 13.1. The summed E-state index contributed by atoms with van der Waals surface area (Å²) in [7, 11) is 1.87. The number of hydrogen-bond acceptors (Lipinski definition) is 4. The van der Waals surface area contributed by atoms with Crippen LogP contribution in [-0.4, -0.2) is 48.7 Å². The number of aromatic nitrogens is 5. The summed E-state index contributed by atoms with van der Waals surface area (Å²) >= 11 is 0. The number of nitrogens with zero attached hydrogens (tertiary/aromatic N) is 6. The van der Waals surface area contributed by atoms with Gasteiger partial charge in [0.1, 0.15) is 5.69 Å². The van der Waals surface area contributed by atoms with Gasteiger partial charge in [-0.15, -0.1) is 5.10 Å². The maximum atomic E-state index is 13.0. The predicted octanol–water partition coefficient (Wildman–Crippen LogP) is 2.64. The molecule has 27 heavy (non-hydrogen) atoms. The molecule has 2 aromatic heterocycles. The van der Waals surface area contributed by atoms with Crippen molar-refractivity contribution in [2.24, 2.45) is 18.9 Å². The van der Waals surface area contributed by atoms with Crippen molar-refractivity contribution in [3.8, 4) is 0 Å². The number of rotatable bonds is 6. The molecule has 0 aromatic carbocycles. The van der Waals surface area contributed by atoms with Gasteiger partial charge in [-0.3, -0.25) is 14.2 Å². The highest BCUT2D eigenvalue weighted by molar-refractivity contribution is 5.92. The third-order valence-electron chi connectivity index (χ3n) is 5.57. The number of likely N-dealkylation sites (tertiary alicyclic amines) is 1. The maximum absolute atomic E-state index is 13.0. The van der Waals surface area contributed by atoms with E-state index in [0.717, 1.165) is 50.3 Å². The molecule has 0 radical (unpaired) electrons. The van der Waals surface area contributed by atoms with Gasteiger partial charge in [0.25, 0.3) is 5.91 Å². The van der Waals surface area contributed by atoms with Crippen LogP contribution in [0.3, 0.4) is 0 Å². The molecule has 2 aliphatic rings. The molecular formula is C20H30N6O. The van der Waals surface area contributed by atoms with Gasteiger partial charge in [-0.1, -0.05) is 19.1 Å². The van der Waals surface area contributed by atoms with Crippen molar-refractivity contribution in [1.82, 2.24) is 29.7 Å². The number of aryl methyl sites for hydroxylation is 1. The molecule has 0 bridgehead atoms. The average Bonchev–Trinajstić information content (AvgIpc) is 3.28. The van der Waals surface area contributed by atoms with Crippen LogP contribution < -0.4 is 0 Å². The molecule has 146 valence electrons. The number of piperidine rings is 1. The molecule has 0 unspecified atom stereocenters. The van der Waals surface area contributed by atoms with Crippen molar-refractivity contribution < 1.29 is 4.79 Å². The quantitative estimate of drug-likeness (QED) is 0.784. The topological polar surface area (TPSA) is 68.8 Å². The Hall–Kier alpha value is -2.18. The molecular weight excluding hydrogens is 340 g/mol. The van der Waals surface area contributed by atoms with Gasteiger partial charge >= 0.3 is 0 Å². The van der Waals surface area contributed by atoms with Crippen LogP contribution in [0, 0.1) is 11.8 Å². The van der Waals surface area contributed by atoms with Gasteiger partial charge in [-0.25, -0.2) is 0 Å². The molecule has 3 heterocycles. The van der Waals surface area contributed by atoms with Crippen LogP contribution in [0.15, 0.2) is 12.3 Å². The fourth-order valence-corrected chi connectivity index (χ4v) is 4.04. The number of carbonyl (C=O) groups excluding carboxylic acids is 1. The number of hydrogen-bond donors (Lipinski definition) is 0. The van der Waals surface area contributed by atoms with E-state index in [4.69, 9.17) is 0 Å². The minimum Gasteiger partial charge on any atom is -0.337 e. The third-order valence-corrected chi connectivity index (χ3v) is 5.57. The molecule has 7 heteroatoms. The second kappa shape index (κ2) is 7.44. The first kappa shape index (κ1) is 18.2. The Morgan fingerprint density at radius 1 is 1.30 bits per heavy atom. The first-order valence-corrected chi connectivity index (χ1v) is 10.2. The Bertz CT molecular complexity index is 803. The van der Waals surface area contributed by atoms with E-state index in [1.165, 1.54) is 12.8 Å². The summed E-state index contributed by atoms with van der Waals surface area (Å²) in [6, 6.07) is 1.96. The van der Waals surface area contributed by atoms with Crippen LogP contribution in [0.4, 0.5) is 0 Å². The van der Waals surface area contributed by atoms with Crippen molar-refractivity contribution in [2.45, 2.75) is 58.4 Å². The van der Waals surface area contributed by atoms with Gasteiger partial charge in [0.15, 0.2) is 0 Å². The Balaban J connectivity index is 1.39. The Kier molecular flexibility index (Phi) is 5.02. The summed E-state index contributed by atoms with van der Waals surface area (Å²) in [5.41, 5.74) is 2.83. The third kappa shape index (κ3) is 4.22. The van der Waals surface area contributed by atoms with Gasteiger partial charge in [0.05, 0.1) is 11.4 Å². The van der Waals surface area contributed by atoms with Crippen LogP contribution in [0.5, 0.6) is 0 Å². The van der Waals surface area contributed by atoms with Crippen LogP contribution in [0.25, 0.3) is 0 Å². The monoisotopic (exact) mass is 370 g/mol. The zero-order chi connectivity index (χ0) is 19.0. The number of amides is 1. The molecule has 0 N–H and O–H groups in total. The van der Waals surface area contributed by atoms with Crippen molar-refractivity contribution in [1.29, 1.82) is 0 Å². The number of carbonyl (C=O) groups is 1. The van der Waals surface area contributed by atoms with Crippen molar-refractivity contribution in [3.05, 3.63) is 29.3 Å². The lowest BCUT2D eigenvalue weighted by molar-refractivity contribution is 0.0648. The van der Waals surface area contributed by atoms with Gasteiger partial charge < -0.3 is 4.90 Å². The smallest absolute Gasteiger partial charge is 0.272 e. The average molecular weight is 371 g/mol. The lowest BCUT2D eigenvalue weighted by Crippen LogP contribution is -2.41. The van der Waals surface area contributed by atoms with Crippen LogP contribution >= 0.6 is 0 Å². The minimum atomic E-state index is 0.0990. The van der Waals surface area contributed by atoms with E-state index < -0.39 is 0 Å². The first-order chi connectivity index (χ1) is 13.0. The first-order valence-electron chi connectivity index (χ1n) is 10.2. The van der Waals surface area contributed by atoms with E-state index in [1.807, 2.05) is 22.7 Å². The lowest BCUT2D eigenvalue weighted by atomic mass is 9.97. The van der Waals surface area contributed by atoms with Crippen molar-refractivity contribution in [3.63, 3.8) is 0 Å². The molecule has 1 saturated carbocycles. The maximum Gasteiger partial charge on any atom is 0.272 e. The molecule has 2 fully saturated rings. The minimum absolute atomic E-state index is 0.0990. The largest absolute Gasteiger partial charge is 0.337 e. The molecule has 1 saturated heterocycles. The predicted molar refractivity (Wildman–Crippen MR) is 102 cm³/mol. The zero-order valence-electron chi connectivity index (χ0n) is 16.6. The van der Waals surface area contributed by atoms with Crippen LogP contribution in [0.1, 0.15) is 67.3 Å². The Morgan fingerprint density at radius 3 is 2.85 bits per heavy atom. The van der Waals surface area contributed by atoms with Gasteiger partial charge in [0, 0.05) is 38.8 Å². The SMILES string of the molecule is CC(C)Cc1cc(C(=O)N2CCC[C@H](Cn3cc(C4CC4)nn3)C2)n(C)n1. The van der Waals surface area contributed by atoms with E-state index in [2.05, 4.69) is 35.5 Å². The summed E-state index contributed by atoms with van der Waals surface area (Å²) in [6.07, 6.45) is 7.66. The summed E-state index contributed by atoms with van der Waals surface area (Å²) in [6.45, 7) is 6.79. The highest BCUT2D eigenvalue weighted by atomic mass is 16.2. The molecule has 1 aliphatic carbocycles. The van der Waals surface area contributed by atoms with Crippen molar-refractivity contribution in [2.75, 3.05) is 13.1 Å². The fourth-order valence-electron chi connectivity index (χ4n) is 4.04. The van der Waals surface area contributed by atoms with E-state index in [1.54, 1.807) is 4.68 Å². The van der Waals surface area contributed by atoms with Crippen LogP contribution in [0.2, 0.25) is 0 Å². The van der Waals surface area contributed by atoms with E-state index in [0.29, 0.717) is 23.4 Å². The highest BCUT2D eigenvalue weighted by Gasteiger charge is 2.29. The second-order valence-electron chi connectivity index (χ2n) is 8.64. The van der Waals surface area contributed by atoms with E-state index >= 15 is 0 Å². The molecule has 2 aromatic rings. The van der Waals surface area contributed by atoms with Crippen LogP contribution in [-0.2, 0) is 20.0 Å². The van der Waals surface area contributed by atoms with Gasteiger partial charge in [-0.2, -0.15) is 5.10 Å². The zero-order valence-corrected chi connectivity index (χ0v) is 16.6. The molecule has 1 amide bonds. The fraction of sp³-hybridized carbons (Fsp3) is 0.700. The van der Waals surface area contributed by atoms with Crippen molar-refractivity contribution >= 4 is 5.91 Å². The summed E-state index contributed by atoms with van der Waals surface area (Å²) in [5.74, 6) is 1.69. The van der Waals surface area contributed by atoms with E-state index in [9.17, 15) is 4.79 Å². The molecule has 4 rings (SSSR count). The lowest BCUT2D eigenvalue weighted by Gasteiger charge is -2.32. The standard InChI is InChI=1S/C20H30N6O/c1-14(2)9-17-10-19(24(3)22-17)20(27)25-8-4-5-15(11-25)12-26-13-18(21-23-26)16-6-7-16/h10,13-16H,4-9,11-12H2,1-3H3/t15-/m0/s1.